The lowest BCUT2D eigenvalue weighted by Crippen LogP contribution is -2.10. The maximum atomic E-state index is 11.9. The van der Waals surface area contributed by atoms with E-state index in [2.05, 4.69) is 15.7 Å². The topological polar surface area (TPSA) is 80.1 Å². The SMILES string of the molecule is O=C(N=Nc1ccc(NOC(=O)c2ccc(Cl)cc2)cc1)c1ccc(Cl)cc1. The molecule has 0 radical (unpaired) electrons. The van der Waals surface area contributed by atoms with Crippen molar-refractivity contribution in [3.8, 4) is 0 Å². The van der Waals surface area contributed by atoms with Crippen molar-refractivity contribution in [3.05, 3.63) is 94.0 Å². The highest BCUT2D eigenvalue weighted by atomic mass is 35.5. The first kappa shape index (κ1) is 19.5. The van der Waals surface area contributed by atoms with Gasteiger partial charge >= 0.3 is 5.97 Å². The fourth-order valence-electron chi connectivity index (χ4n) is 2.10. The number of halogens is 2. The molecule has 0 aliphatic heterocycles. The zero-order valence-electron chi connectivity index (χ0n) is 14.3. The number of hydrogen-bond donors (Lipinski definition) is 1. The number of hydrogen-bond acceptors (Lipinski definition) is 5. The second-order valence-corrected chi connectivity index (χ2v) is 6.43. The van der Waals surface area contributed by atoms with Crippen LogP contribution in [-0.4, -0.2) is 11.9 Å². The molecular formula is C20H13Cl2N3O3. The van der Waals surface area contributed by atoms with Crippen LogP contribution in [0.2, 0.25) is 10.0 Å². The molecule has 0 saturated carbocycles. The molecule has 0 aromatic heterocycles. The minimum atomic E-state index is -0.547. The van der Waals surface area contributed by atoms with Crippen LogP contribution in [0, 0.1) is 0 Å². The predicted molar refractivity (Wildman–Crippen MR) is 107 cm³/mol. The Kier molecular flexibility index (Phi) is 6.37. The summed E-state index contributed by atoms with van der Waals surface area (Å²) in [5.41, 5.74) is 4.30. The lowest BCUT2D eigenvalue weighted by Gasteiger charge is -2.06. The standard InChI is InChI=1S/C20H13Cl2N3O3/c21-15-5-1-13(2-6-15)19(26)24-23-17-9-11-18(12-10-17)25-28-20(27)14-3-7-16(22)8-4-14/h1-12,25H. The summed E-state index contributed by atoms with van der Waals surface area (Å²) in [6, 6.07) is 19.2. The molecule has 0 fully saturated rings. The maximum Gasteiger partial charge on any atom is 0.362 e. The van der Waals surface area contributed by atoms with E-state index >= 15 is 0 Å². The van der Waals surface area contributed by atoms with Gasteiger partial charge in [-0.1, -0.05) is 23.2 Å². The summed E-state index contributed by atoms with van der Waals surface area (Å²) in [5.74, 6) is -1.02. The minimum Gasteiger partial charge on any atom is -0.338 e. The molecule has 1 N–H and O–H groups in total. The highest BCUT2D eigenvalue weighted by molar-refractivity contribution is 6.31. The van der Waals surface area contributed by atoms with Gasteiger partial charge in [0.2, 0.25) is 0 Å². The van der Waals surface area contributed by atoms with Gasteiger partial charge in [-0.25, -0.2) is 10.3 Å². The molecule has 6 nitrogen and oxygen atoms in total. The molecular weight excluding hydrogens is 401 g/mol. The van der Waals surface area contributed by atoms with Gasteiger partial charge in [-0.3, -0.25) is 4.79 Å². The van der Waals surface area contributed by atoms with Crippen LogP contribution in [0.1, 0.15) is 20.7 Å². The van der Waals surface area contributed by atoms with Crippen LogP contribution in [-0.2, 0) is 4.84 Å². The molecule has 0 heterocycles. The highest BCUT2D eigenvalue weighted by Gasteiger charge is 2.07. The molecule has 0 saturated heterocycles. The molecule has 0 aliphatic rings. The van der Waals surface area contributed by atoms with E-state index in [1.54, 1.807) is 72.8 Å². The van der Waals surface area contributed by atoms with Crippen molar-refractivity contribution in [2.45, 2.75) is 0 Å². The Hall–Kier alpha value is -3.22. The van der Waals surface area contributed by atoms with Gasteiger partial charge in [0.15, 0.2) is 0 Å². The number of nitrogens with zero attached hydrogens (tertiary/aromatic N) is 2. The average molecular weight is 414 g/mol. The molecule has 140 valence electrons. The van der Waals surface area contributed by atoms with Crippen LogP contribution in [0.3, 0.4) is 0 Å². The van der Waals surface area contributed by atoms with Gasteiger partial charge in [0.25, 0.3) is 5.91 Å². The Morgan fingerprint density at radius 1 is 0.750 bits per heavy atom. The van der Waals surface area contributed by atoms with Gasteiger partial charge < -0.3 is 4.84 Å². The number of carbonyl (C=O) groups excluding carboxylic acids is 2. The zero-order valence-corrected chi connectivity index (χ0v) is 15.8. The number of rotatable bonds is 5. The minimum absolute atomic E-state index is 0.364. The summed E-state index contributed by atoms with van der Waals surface area (Å²) in [6.07, 6.45) is 0. The van der Waals surface area contributed by atoms with E-state index in [1.165, 1.54) is 0 Å². The average Bonchev–Trinajstić information content (AvgIpc) is 2.72. The van der Waals surface area contributed by atoms with Crippen molar-refractivity contribution in [1.82, 2.24) is 0 Å². The first-order valence-electron chi connectivity index (χ1n) is 8.06. The predicted octanol–water partition coefficient (Wildman–Crippen LogP) is 6.10. The zero-order chi connectivity index (χ0) is 19.9. The normalized spacial score (nSPS) is 10.6. The summed E-state index contributed by atoms with van der Waals surface area (Å²) in [4.78, 5) is 28.9. The van der Waals surface area contributed by atoms with E-state index in [1.807, 2.05) is 0 Å². The van der Waals surface area contributed by atoms with Gasteiger partial charge in [-0.2, -0.15) is 0 Å². The second-order valence-electron chi connectivity index (χ2n) is 5.56. The summed E-state index contributed by atoms with van der Waals surface area (Å²) in [5, 5.41) is 8.63. The van der Waals surface area contributed by atoms with Gasteiger partial charge in [0, 0.05) is 15.6 Å². The van der Waals surface area contributed by atoms with Gasteiger partial charge in [-0.15, -0.1) is 10.2 Å². The third-order valence-corrected chi connectivity index (χ3v) is 4.06. The highest BCUT2D eigenvalue weighted by Crippen LogP contribution is 2.18. The van der Waals surface area contributed by atoms with Crippen molar-refractivity contribution < 1.29 is 14.4 Å². The molecule has 0 bridgehead atoms. The fraction of sp³-hybridized carbons (Fsp3) is 0. The smallest absolute Gasteiger partial charge is 0.338 e. The number of anilines is 1. The molecule has 1 amide bonds. The number of benzene rings is 3. The summed E-state index contributed by atoms with van der Waals surface area (Å²) in [6.45, 7) is 0. The first-order chi connectivity index (χ1) is 13.5. The molecule has 8 heteroatoms. The fourth-order valence-corrected chi connectivity index (χ4v) is 2.35. The molecule has 0 atom stereocenters. The van der Waals surface area contributed by atoms with Crippen molar-refractivity contribution in [2.75, 3.05) is 5.48 Å². The third-order valence-electron chi connectivity index (χ3n) is 3.56. The Labute approximate surface area is 170 Å². The quantitative estimate of drug-likeness (QED) is 0.404. The van der Waals surface area contributed by atoms with E-state index in [-0.39, 0.29) is 0 Å². The lowest BCUT2D eigenvalue weighted by atomic mass is 10.2. The van der Waals surface area contributed by atoms with E-state index in [0.717, 1.165) is 0 Å². The molecule has 0 unspecified atom stereocenters. The van der Waals surface area contributed by atoms with Gasteiger partial charge in [0.05, 0.1) is 16.9 Å². The Morgan fingerprint density at radius 3 is 1.86 bits per heavy atom. The summed E-state index contributed by atoms with van der Waals surface area (Å²) < 4.78 is 0. The Bertz CT molecular complexity index is 1000. The van der Waals surface area contributed by atoms with Gasteiger partial charge in [-0.05, 0) is 72.8 Å². The summed E-state index contributed by atoms with van der Waals surface area (Å²) in [7, 11) is 0. The third kappa shape index (κ3) is 5.39. The number of nitrogens with one attached hydrogen (secondary N) is 1. The van der Waals surface area contributed by atoms with Gasteiger partial charge in [0.1, 0.15) is 0 Å². The van der Waals surface area contributed by atoms with E-state index in [4.69, 9.17) is 28.0 Å². The van der Waals surface area contributed by atoms with Crippen LogP contribution in [0.15, 0.2) is 83.0 Å². The molecule has 3 aromatic carbocycles. The summed E-state index contributed by atoms with van der Waals surface area (Å²) >= 11 is 11.6. The van der Waals surface area contributed by atoms with Crippen LogP contribution in [0.25, 0.3) is 0 Å². The first-order valence-corrected chi connectivity index (χ1v) is 8.81. The molecule has 0 spiro atoms. The monoisotopic (exact) mass is 413 g/mol. The Morgan fingerprint density at radius 2 is 1.29 bits per heavy atom. The second kappa shape index (κ2) is 9.12. The molecule has 28 heavy (non-hydrogen) atoms. The van der Waals surface area contributed by atoms with Crippen LogP contribution >= 0.6 is 23.2 Å². The molecule has 3 rings (SSSR count). The molecule has 0 aliphatic carbocycles. The number of carbonyl (C=O) groups is 2. The largest absolute Gasteiger partial charge is 0.362 e. The number of azo groups is 1. The van der Waals surface area contributed by atoms with Crippen molar-refractivity contribution in [2.24, 2.45) is 10.2 Å². The van der Waals surface area contributed by atoms with Crippen molar-refractivity contribution >= 4 is 46.5 Å². The van der Waals surface area contributed by atoms with E-state index < -0.39 is 11.9 Å². The van der Waals surface area contributed by atoms with Crippen molar-refractivity contribution in [1.29, 1.82) is 0 Å². The number of amides is 1. The van der Waals surface area contributed by atoms with Crippen LogP contribution < -0.4 is 5.48 Å². The van der Waals surface area contributed by atoms with E-state index in [9.17, 15) is 9.59 Å². The van der Waals surface area contributed by atoms with Crippen LogP contribution in [0.5, 0.6) is 0 Å². The maximum absolute atomic E-state index is 11.9. The lowest BCUT2D eigenvalue weighted by molar-refractivity contribution is 0.0596. The molecule has 3 aromatic rings. The van der Waals surface area contributed by atoms with Crippen LogP contribution in [0.4, 0.5) is 11.4 Å². The van der Waals surface area contributed by atoms with E-state index in [0.29, 0.717) is 32.5 Å². The Balaban J connectivity index is 1.55. The van der Waals surface area contributed by atoms with Crippen molar-refractivity contribution in [3.63, 3.8) is 0 Å².